The second kappa shape index (κ2) is 12.6. The fourth-order valence-corrected chi connectivity index (χ4v) is 5.06. The summed E-state index contributed by atoms with van der Waals surface area (Å²) in [5.41, 5.74) is 5.43. The van der Waals surface area contributed by atoms with Crippen molar-refractivity contribution in [3.63, 3.8) is 0 Å². The molecule has 0 aromatic heterocycles. The van der Waals surface area contributed by atoms with Gasteiger partial charge in [0, 0.05) is 30.8 Å². The molecule has 2 amide bonds. The number of likely N-dealkylation sites (N-methyl/N-ethyl adjacent to an activating group) is 1. The van der Waals surface area contributed by atoms with Gasteiger partial charge >= 0.3 is 0 Å². The molecule has 1 N–H and O–H groups in total. The maximum absolute atomic E-state index is 13.5. The van der Waals surface area contributed by atoms with E-state index < -0.39 is 6.04 Å². The molecule has 0 unspecified atom stereocenters. The maximum Gasteiger partial charge on any atom is 0.242 e. The standard InChI is InChI=1S/C28H31ClN2O2S/c1-20-13-21(2)15-23(14-20)18-34-19-27(32)31(17-24-11-7-8-12-25(24)29)26(28(33)30-3)16-22-9-5-4-6-10-22/h4-15,26H,16-19H2,1-3H3,(H,30,33)/t26-/m1/s1. The number of hydrogen-bond acceptors (Lipinski definition) is 3. The van der Waals surface area contributed by atoms with Crippen LogP contribution in [0.25, 0.3) is 0 Å². The van der Waals surface area contributed by atoms with Gasteiger partial charge in [0.25, 0.3) is 0 Å². The number of aryl methyl sites for hydroxylation is 2. The fraction of sp³-hybridized carbons (Fsp3) is 0.286. The predicted molar refractivity (Wildman–Crippen MR) is 142 cm³/mol. The third-order valence-corrected chi connectivity index (χ3v) is 6.95. The van der Waals surface area contributed by atoms with Gasteiger partial charge < -0.3 is 10.2 Å². The number of carbonyl (C=O) groups is 2. The zero-order valence-electron chi connectivity index (χ0n) is 19.9. The highest BCUT2D eigenvalue weighted by Crippen LogP contribution is 2.22. The van der Waals surface area contributed by atoms with E-state index >= 15 is 0 Å². The Morgan fingerprint density at radius 3 is 2.24 bits per heavy atom. The number of nitrogens with zero attached hydrogens (tertiary/aromatic N) is 1. The number of rotatable bonds is 10. The molecule has 1 atom stereocenters. The van der Waals surface area contributed by atoms with E-state index in [0.717, 1.165) is 16.9 Å². The summed E-state index contributed by atoms with van der Waals surface area (Å²) >= 11 is 7.98. The largest absolute Gasteiger partial charge is 0.357 e. The van der Waals surface area contributed by atoms with Crippen LogP contribution in [-0.4, -0.2) is 35.6 Å². The van der Waals surface area contributed by atoms with Crippen molar-refractivity contribution >= 4 is 35.2 Å². The number of carbonyl (C=O) groups excluding carboxylic acids is 2. The Morgan fingerprint density at radius 1 is 0.941 bits per heavy atom. The van der Waals surface area contributed by atoms with E-state index in [1.54, 1.807) is 29.8 Å². The molecule has 6 heteroatoms. The lowest BCUT2D eigenvalue weighted by molar-refractivity contribution is -0.139. The van der Waals surface area contributed by atoms with Crippen LogP contribution in [0.3, 0.4) is 0 Å². The molecule has 0 saturated carbocycles. The van der Waals surface area contributed by atoms with Crippen molar-refractivity contribution < 1.29 is 9.59 Å². The summed E-state index contributed by atoms with van der Waals surface area (Å²) in [7, 11) is 1.60. The van der Waals surface area contributed by atoms with Crippen molar-refractivity contribution in [2.24, 2.45) is 0 Å². The van der Waals surface area contributed by atoms with Crippen LogP contribution in [0.5, 0.6) is 0 Å². The summed E-state index contributed by atoms with van der Waals surface area (Å²) < 4.78 is 0. The number of halogens is 1. The van der Waals surface area contributed by atoms with Crippen molar-refractivity contribution in [1.82, 2.24) is 10.2 Å². The first kappa shape index (κ1) is 25.9. The zero-order valence-corrected chi connectivity index (χ0v) is 21.5. The van der Waals surface area contributed by atoms with Crippen molar-refractivity contribution in [3.05, 3.63) is 106 Å². The van der Waals surface area contributed by atoms with Gasteiger partial charge in [0.15, 0.2) is 0 Å². The molecule has 0 aliphatic carbocycles. The van der Waals surface area contributed by atoms with E-state index in [9.17, 15) is 9.59 Å². The number of hydrogen-bond donors (Lipinski definition) is 1. The van der Waals surface area contributed by atoms with Crippen LogP contribution in [0.1, 0.15) is 27.8 Å². The van der Waals surface area contributed by atoms with Gasteiger partial charge in [0.05, 0.1) is 5.75 Å². The van der Waals surface area contributed by atoms with Crippen LogP contribution in [0, 0.1) is 13.8 Å². The molecular weight excluding hydrogens is 464 g/mol. The number of nitrogens with one attached hydrogen (secondary N) is 1. The van der Waals surface area contributed by atoms with E-state index in [4.69, 9.17) is 11.6 Å². The lowest BCUT2D eigenvalue weighted by atomic mass is 10.0. The molecule has 0 bridgehead atoms. The SMILES string of the molecule is CNC(=O)[C@@H](Cc1ccccc1)N(Cc1ccccc1Cl)C(=O)CSCc1cc(C)cc(C)c1. The van der Waals surface area contributed by atoms with Gasteiger partial charge in [-0.05, 0) is 36.6 Å². The summed E-state index contributed by atoms with van der Waals surface area (Å²) in [6, 6.07) is 23.0. The van der Waals surface area contributed by atoms with Crippen molar-refractivity contribution in [1.29, 1.82) is 0 Å². The summed E-state index contributed by atoms with van der Waals surface area (Å²) in [6.45, 7) is 4.43. The van der Waals surface area contributed by atoms with E-state index in [-0.39, 0.29) is 24.1 Å². The minimum Gasteiger partial charge on any atom is -0.357 e. The molecule has 3 rings (SSSR count). The average Bonchev–Trinajstić information content (AvgIpc) is 2.82. The van der Waals surface area contributed by atoms with Crippen LogP contribution in [-0.2, 0) is 28.3 Å². The predicted octanol–water partition coefficient (Wildman–Crippen LogP) is 5.58. The van der Waals surface area contributed by atoms with Crippen LogP contribution in [0.4, 0.5) is 0 Å². The lowest BCUT2D eigenvalue weighted by Gasteiger charge is -2.31. The van der Waals surface area contributed by atoms with Crippen molar-refractivity contribution in [2.45, 2.75) is 38.6 Å². The minimum atomic E-state index is -0.641. The summed E-state index contributed by atoms with van der Waals surface area (Å²) in [4.78, 5) is 28.1. The molecule has 4 nitrogen and oxygen atoms in total. The second-order valence-corrected chi connectivity index (χ2v) is 9.81. The Labute approximate surface area is 211 Å². The molecular formula is C28H31ClN2O2S. The quantitative estimate of drug-likeness (QED) is 0.400. The topological polar surface area (TPSA) is 49.4 Å². The Morgan fingerprint density at radius 2 is 1.59 bits per heavy atom. The van der Waals surface area contributed by atoms with Crippen molar-refractivity contribution in [2.75, 3.05) is 12.8 Å². The number of amides is 2. The van der Waals surface area contributed by atoms with Gasteiger partial charge in [0.1, 0.15) is 6.04 Å². The van der Waals surface area contributed by atoms with Gasteiger partial charge in [-0.15, -0.1) is 11.8 Å². The molecule has 0 saturated heterocycles. The lowest BCUT2D eigenvalue weighted by Crippen LogP contribution is -2.50. The van der Waals surface area contributed by atoms with Gasteiger partial charge in [-0.25, -0.2) is 0 Å². The normalized spacial score (nSPS) is 11.6. The third-order valence-electron chi connectivity index (χ3n) is 5.59. The second-order valence-electron chi connectivity index (χ2n) is 8.42. The molecule has 3 aromatic carbocycles. The minimum absolute atomic E-state index is 0.0844. The van der Waals surface area contributed by atoms with E-state index in [2.05, 4.69) is 37.4 Å². The van der Waals surface area contributed by atoms with Gasteiger partial charge in [-0.2, -0.15) is 0 Å². The summed E-state index contributed by atoms with van der Waals surface area (Å²) in [5.74, 6) is 0.736. The Balaban J connectivity index is 1.82. The van der Waals surface area contributed by atoms with E-state index in [1.807, 2.05) is 48.5 Å². The fourth-order valence-electron chi connectivity index (χ4n) is 4.02. The van der Waals surface area contributed by atoms with Crippen LogP contribution >= 0.6 is 23.4 Å². The highest BCUT2D eigenvalue weighted by atomic mass is 35.5. The Hall–Kier alpha value is -2.76. The Bertz CT molecular complexity index is 1100. The molecule has 0 fully saturated rings. The molecule has 0 aliphatic heterocycles. The van der Waals surface area contributed by atoms with Gasteiger partial charge in [0.2, 0.25) is 11.8 Å². The number of benzene rings is 3. The monoisotopic (exact) mass is 494 g/mol. The highest BCUT2D eigenvalue weighted by molar-refractivity contribution is 7.99. The molecule has 0 radical (unpaired) electrons. The number of thioether (sulfide) groups is 1. The summed E-state index contributed by atoms with van der Waals surface area (Å²) in [6.07, 6.45) is 0.429. The van der Waals surface area contributed by atoms with Crippen LogP contribution < -0.4 is 5.32 Å². The maximum atomic E-state index is 13.5. The first-order valence-corrected chi connectivity index (χ1v) is 12.8. The van der Waals surface area contributed by atoms with Crippen LogP contribution in [0.2, 0.25) is 5.02 Å². The van der Waals surface area contributed by atoms with E-state index in [1.165, 1.54) is 16.7 Å². The summed E-state index contributed by atoms with van der Waals surface area (Å²) in [5, 5.41) is 3.32. The molecule has 3 aromatic rings. The first-order valence-electron chi connectivity index (χ1n) is 11.3. The molecule has 34 heavy (non-hydrogen) atoms. The molecule has 0 heterocycles. The average molecular weight is 495 g/mol. The van der Waals surface area contributed by atoms with Crippen LogP contribution in [0.15, 0.2) is 72.8 Å². The van der Waals surface area contributed by atoms with E-state index in [0.29, 0.717) is 11.4 Å². The molecule has 0 spiro atoms. The highest BCUT2D eigenvalue weighted by Gasteiger charge is 2.30. The van der Waals surface area contributed by atoms with Gasteiger partial charge in [-0.1, -0.05) is 89.5 Å². The third kappa shape index (κ3) is 7.37. The zero-order chi connectivity index (χ0) is 24.5. The smallest absolute Gasteiger partial charge is 0.242 e. The Kier molecular flexibility index (Phi) is 9.61. The molecule has 178 valence electrons. The first-order chi connectivity index (χ1) is 16.4. The van der Waals surface area contributed by atoms with Crippen molar-refractivity contribution in [3.8, 4) is 0 Å². The molecule has 0 aliphatic rings. The van der Waals surface area contributed by atoms with Gasteiger partial charge in [-0.3, -0.25) is 9.59 Å².